The van der Waals surface area contributed by atoms with E-state index in [0.717, 1.165) is 5.56 Å². The highest BCUT2D eigenvalue weighted by Crippen LogP contribution is 2.30. The van der Waals surface area contributed by atoms with Gasteiger partial charge in [0.05, 0.1) is 11.1 Å². The quantitative estimate of drug-likeness (QED) is 0.466. The number of fused-ring (bicyclic) bond motifs is 1. The van der Waals surface area contributed by atoms with Crippen LogP contribution in [0.1, 0.15) is 45.8 Å². The van der Waals surface area contributed by atoms with Gasteiger partial charge in [-0.1, -0.05) is 29.8 Å². The number of hydrogen-bond donors (Lipinski definition) is 2. The third-order valence-electron chi connectivity index (χ3n) is 5.73. The Labute approximate surface area is 194 Å². The monoisotopic (exact) mass is 470 g/mol. The van der Waals surface area contributed by atoms with Crippen molar-refractivity contribution in [3.63, 3.8) is 0 Å². The number of benzene rings is 2. The third-order valence-corrected chi connectivity index (χ3v) is 6.06. The van der Waals surface area contributed by atoms with Crippen LogP contribution in [-0.2, 0) is 6.54 Å². The summed E-state index contributed by atoms with van der Waals surface area (Å²) in [6, 6.07) is 12.0. The van der Waals surface area contributed by atoms with Crippen LogP contribution >= 0.6 is 11.6 Å². The van der Waals surface area contributed by atoms with Crippen LogP contribution in [0.25, 0.3) is 10.9 Å². The third kappa shape index (κ3) is 4.83. The number of allylic oxidation sites excluding steroid dienone is 4. The Morgan fingerprint density at radius 3 is 2.58 bits per heavy atom. The summed E-state index contributed by atoms with van der Waals surface area (Å²) in [5.41, 5.74) is 1.80. The molecule has 0 bridgehead atoms. The highest BCUT2D eigenvalue weighted by Gasteiger charge is 2.21. The molecule has 2 atom stereocenters. The summed E-state index contributed by atoms with van der Waals surface area (Å²) in [5, 5.41) is 13.2. The fourth-order valence-electron chi connectivity index (χ4n) is 3.97. The van der Waals surface area contributed by atoms with Crippen LogP contribution in [0.4, 0.5) is 8.78 Å². The Balaban J connectivity index is 1.59. The molecule has 0 fully saturated rings. The Morgan fingerprint density at radius 2 is 1.91 bits per heavy atom. The highest BCUT2D eigenvalue weighted by atomic mass is 35.5. The van der Waals surface area contributed by atoms with Crippen molar-refractivity contribution in [3.8, 4) is 0 Å². The Hall–Kier alpha value is -3.45. The molecule has 3 aromatic rings. The largest absolute Gasteiger partial charge is 0.477 e. The molecule has 2 aromatic carbocycles. The number of aromatic nitrogens is 1. The van der Waals surface area contributed by atoms with Crippen LogP contribution in [0.2, 0.25) is 0 Å². The van der Waals surface area contributed by atoms with E-state index in [-0.39, 0.29) is 41.0 Å². The van der Waals surface area contributed by atoms with Gasteiger partial charge in [-0.05, 0) is 61.4 Å². The SMILES string of the molecule is CC(NC(=O)c1ccc2c(c1)cc(C(=O)O)n2CC1C=C(F)C(Cl)=CC1)c1ccc(F)cc1. The van der Waals surface area contributed by atoms with Crippen molar-refractivity contribution in [1.29, 1.82) is 0 Å². The molecule has 1 aliphatic carbocycles. The van der Waals surface area contributed by atoms with Gasteiger partial charge in [-0.25, -0.2) is 13.6 Å². The van der Waals surface area contributed by atoms with Crippen molar-refractivity contribution in [2.24, 2.45) is 5.92 Å². The summed E-state index contributed by atoms with van der Waals surface area (Å²) in [6.07, 6.45) is 3.48. The first-order valence-electron chi connectivity index (χ1n) is 10.4. The molecule has 1 heterocycles. The van der Waals surface area contributed by atoms with Crippen molar-refractivity contribution in [1.82, 2.24) is 9.88 Å². The smallest absolute Gasteiger partial charge is 0.352 e. The lowest BCUT2D eigenvalue weighted by atomic mass is 10.00. The van der Waals surface area contributed by atoms with E-state index in [9.17, 15) is 23.5 Å². The van der Waals surface area contributed by atoms with E-state index in [1.807, 2.05) is 0 Å². The fourth-order valence-corrected chi connectivity index (χ4v) is 4.12. The number of carbonyl (C=O) groups is 2. The van der Waals surface area contributed by atoms with E-state index in [1.54, 1.807) is 47.9 Å². The Morgan fingerprint density at radius 1 is 1.18 bits per heavy atom. The van der Waals surface area contributed by atoms with Crippen molar-refractivity contribution >= 4 is 34.4 Å². The molecular weight excluding hydrogens is 450 g/mol. The standard InChI is InChI=1S/C25H21ClF2N2O3/c1-14(16-3-6-19(27)7-4-16)29-24(31)17-5-9-22-18(11-17)12-23(25(32)33)30(22)13-15-2-8-20(26)21(28)10-15/h3-12,14-15H,2,13H2,1H3,(H,29,31)(H,32,33). The summed E-state index contributed by atoms with van der Waals surface area (Å²) < 4.78 is 28.6. The topological polar surface area (TPSA) is 71.3 Å². The minimum Gasteiger partial charge on any atom is -0.477 e. The molecule has 170 valence electrons. The maximum atomic E-state index is 13.9. The average Bonchev–Trinajstić information content (AvgIpc) is 3.14. The molecule has 8 heteroatoms. The predicted octanol–water partition coefficient (Wildman–Crippen LogP) is 5.97. The van der Waals surface area contributed by atoms with E-state index >= 15 is 0 Å². The average molecular weight is 471 g/mol. The second kappa shape index (κ2) is 9.19. The number of hydrogen-bond acceptors (Lipinski definition) is 2. The van der Waals surface area contributed by atoms with Gasteiger partial charge in [-0.15, -0.1) is 0 Å². The van der Waals surface area contributed by atoms with Crippen molar-refractivity contribution < 1.29 is 23.5 Å². The van der Waals surface area contributed by atoms with Crippen molar-refractivity contribution in [3.05, 3.63) is 94.2 Å². The summed E-state index contributed by atoms with van der Waals surface area (Å²) in [5.74, 6) is -2.57. The molecule has 2 N–H and O–H groups in total. The van der Waals surface area contributed by atoms with Crippen LogP contribution in [0, 0.1) is 11.7 Å². The van der Waals surface area contributed by atoms with E-state index in [2.05, 4.69) is 5.32 Å². The van der Waals surface area contributed by atoms with E-state index in [1.165, 1.54) is 24.3 Å². The summed E-state index contributed by atoms with van der Waals surface area (Å²) in [6.45, 7) is 2.05. The number of nitrogens with one attached hydrogen (secondary N) is 1. The van der Waals surface area contributed by atoms with Gasteiger partial charge in [-0.2, -0.15) is 0 Å². The van der Waals surface area contributed by atoms with Gasteiger partial charge >= 0.3 is 5.97 Å². The van der Waals surface area contributed by atoms with Crippen LogP contribution in [0.15, 0.2) is 71.5 Å². The van der Waals surface area contributed by atoms with Crippen LogP contribution < -0.4 is 5.32 Å². The second-order valence-electron chi connectivity index (χ2n) is 8.03. The van der Waals surface area contributed by atoms with Gasteiger partial charge in [0, 0.05) is 28.9 Å². The fraction of sp³-hybridized carbons (Fsp3) is 0.200. The molecular formula is C25H21ClF2N2O3. The molecule has 1 aliphatic rings. The predicted molar refractivity (Wildman–Crippen MR) is 122 cm³/mol. The number of halogens is 3. The summed E-state index contributed by atoms with van der Waals surface area (Å²) >= 11 is 5.78. The molecule has 0 saturated carbocycles. The number of carboxylic acids is 1. The Bertz CT molecular complexity index is 1290. The molecule has 0 aliphatic heterocycles. The molecule has 5 nitrogen and oxygen atoms in total. The summed E-state index contributed by atoms with van der Waals surface area (Å²) in [4.78, 5) is 24.6. The van der Waals surface area contributed by atoms with Crippen LogP contribution in [0.3, 0.4) is 0 Å². The zero-order chi connectivity index (χ0) is 23.7. The first-order valence-corrected chi connectivity index (χ1v) is 10.8. The zero-order valence-corrected chi connectivity index (χ0v) is 18.4. The Kier molecular flexibility index (Phi) is 6.33. The lowest BCUT2D eigenvalue weighted by Crippen LogP contribution is -2.26. The minimum atomic E-state index is -1.11. The molecule has 4 rings (SSSR count). The van der Waals surface area contributed by atoms with Gasteiger partial charge in [-0.3, -0.25) is 4.79 Å². The van der Waals surface area contributed by atoms with Gasteiger partial charge in [0.2, 0.25) is 0 Å². The van der Waals surface area contributed by atoms with Gasteiger partial charge in [0.25, 0.3) is 5.91 Å². The molecule has 1 amide bonds. The number of rotatable bonds is 6. The lowest BCUT2D eigenvalue weighted by Gasteiger charge is -2.18. The number of carboxylic acid groups (broad SMARTS) is 1. The number of carbonyl (C=O) groups excluding carboxylic acids is 1. The van der Waals surface area contributed by atoms with Crippen LogP contribution in [-0.4, -0.2) is 21.6 Å². The van der Waals surface area contributed by atoms with Gasteiger partial charge < -0.3 is 15.0 Å². The van der Waals surface area contributed by atoms with Gasteiger partial charge in [0.1, 0.15) is 17.3 Å². The molecule has 0 spiro atoms. The zero-order valence-electron chi connectivity index (χ0n) is 17.7. The molecule has 0 saturated heterocycles. The second-order valence-corrected chi connectivity index (χ2v) is 8.44. The molecule has 0 radical (unpaired) electrons. The van der Waals surface area contributed by atoms with E-state index in [0.29, 0.717) is 22.9 Å². The van der Waals surface area contributed by atoms with E-state index < -0.39 is 11.8 Å². The van der Waals surface area contributed by atoms with E-state index in [4.69, 9.17) is 11.6 Å². The molecule has 1 aromatic heterocycles. The first kappa shape index (κ1) is 22.7. The molecule has 33 heavy (non-hydrogen) atoms. The normalized spacial score (nSPS) is 16.8. The maximum absolute atomic E-state index is 13.9. The lowest BCUT2D eigenvalue weighted by molar-refractivity contribution is 0.0684. The number of amides is 1. The van der Waals surface area contributed by atoms with Crippen LogP contribution in [0.5, 0.6) is 0 Å². The number of aromatic carboxylic acids is 1. The minimum absolute atomic E-state index is 0.0525. The molecule has 2 unspecified atom stereocenters. The maximum Gasteiger partial charge on any atom is 0.352 e. The summed E-state index contributed by atoms with van der Waals surface area (Å²) in [7, 11) is 0. The van der Waals surface area contributed by atoms with Gasteiger partial charge in [0.15, 0.2) is 0 Å². The van der Waals surface area contributed by atoms with Crippen molar-refractivity contribution in [2.45, 2.75) is 25.9 Å². The highest BCUT2D eigenvalue weighted by molar-refractivity contribution is 6.31. The number of nitrogens with zero attached hydrogens (tertiary/aromatic N) is 1. The van der Waals surface area contributed by atoms with Crippen molar-refractivity contribution in [2.75, 3.05) is 0 Å². The first-order chi connectivity index (χ1) is 15.7.